The van der Waals surface area contributed by atoms with Crippen molar-refractivity contribution in [2.45, 2.75) is 58.3 Å². The Hall–Kier alpha value is -1.10. The highest BCUT2D eigenvalue weighted by atomic mass is 32.1. The third-order valence-corrected chi connectivity index (χ3v) is 6.51. The fourth-order valence-corrected chi connectivity index (χ4v) is 4.41. The summed E-state index contributed by atoms with van der Waals surface area (Å²) in [4.78, 5) is 18.8. The van der Waals surface area contributed by atoms with E-state index < -0.39 is 5.97 Å². The predicted octanol–water partition coefficient (Wildman–Crippen LogP) is 4.13. The average Bonchev–Trinajstić information content (AvgIpc) is 3.26. The van der Waals surface area contributed by atoms with Crippen LogP contribution in [0.4, 0.5) is 5.13 Å². The van der Waals surface area contributed by atoms with Gasteiger partial charge in [-0.1, -0.05) is 38.0 Å². The van der Waals surface area contributed by atoms with Crippen LogP contribution < -0.4 is 4.90 Å². The first-order valence-electron chi connectivity index (χ1n) is 8.07. The molecular formula is C16H24N2O2S. The summed E-state index contributed by atoms with van der Waals surface area (Å²) in [5.74, 6) is -0.412. The van der Waals surface area contributed by atoms with Gasteiger partial charge < -0.3 is 10.0 Å². The number of hydrogen-bond donors (Lipinski definition) is 1. The van der Waals surface area contributed by atoms with Crippen molar-refractivity contribution < 1.29 is 9.90 Å². The lowest BCUT2D eigenvalue weighted by Crippen LogP contribution is -2.39. The third kappa shape index (κ3) is 2.80. The van der Waals surface area contributed by atoms with E-state index in [9.17, 15) is 9.90 Å². The quantitative estimate of drug-likeness (QED) is 0.888. The highest BCUT2D eigenvalue weighted by molar-refractivity contribution is 7.17. The number of hydrogen-bond acceptors (Lipinski definition) is 4. The van der Waals surface area contributed by atoms with Gasteiger partial charge in [0.1, 0.15) is 4.88 Å². The molecule has 2 heterocycles. The van der Waals surface area contributed by atoms with E-state index in [1.807, 2.05) is 0 Å². The van der Waals surface area contributed by atoms with Gasteiger partial charge in [-0.2, -0.15) is 0 Å². The summed E-state index contributed by atoms with van der Waals surface area (Å²) < 4.78 is 0. The van der Waals surface area contributed by atoms with Gasteiger partial charge >= 0.3 is 5.97 Å². The second kappa shape index (κ2) is 5.59. The maximum Gasteiger partial charge on any atom is 0.347 e. The smallest absolute Gasteiger partial charge is 0.347 e. The third-order valence-electron chi connectivity index (χ3n) is 5.39. The van der Waals surface area contributed by atoms with Crippen molar-refractivity contribution in [3.63, 3.8) is 0 Å². The molecular weight excluding hydrogens is 284 g/mol. The van der Waals surface area contributed by atoms with Crippen molar-refractivity contribution in [3.05, 3.63) is 10.6 Å². The van der Waals surface area contributed by atoms with Crippen molar-refractivity contribution in [1.29, 1.82) is 0 Å². The molecule has 2 fully saturated rings. The summed E-state index contributed by atoms with van der Waals surface area (Å²) in [7, 11) is 0. The minimum absolute atomic E-state index is 0.399. The minimum Gasteiger partial charge on any atom is -0.477 e. The number of carboxylic acids is 1. The van der Waals surface area contributed by atoms with Gasteiger partial charge in [-0.15, -0.1) is 0 Å². The normalized spacial score (nSPS) is 21.5. The van der Waals surface area contributed by atoms with Gasteiger partial charge in [-0.3, -0.25) is 0 Å². The number of carbonyl (C=O) groups is 1. The Labute approximate surface area is 130 Å². The van der Waals surface area contributed by atoms with Gasteiger partial charge in [0.15, 0.2) is 5.13 Å². The molecule has 1 saturated heterocycles. The van der Waals surface area contributed by atoms with Crippen molar-refractivity contribution >= 4 is 22.4 Å². The first kappa shape index (κ1) is 14.8. The maximum atomic E-state index is 11.4. The molecule has 0 radical (unpaired) electrons. The van der Waals surface area contributed by atoms with Gasteiger partial charge in [0, 0.05) is 19.0 Å². The van der Waals surface area contributed by atoms with Crippen LogP contribution in [0.2, 0.25) is 0 Å². The summed E-state index contributed by atoms with van der Waals surface area (Å²) in [6.45, 7) is 6.60. The van der Waals surface area contributed by atoms with E-state index in [1.54, 1.807) is 0 Å². The molecule has 3 rings (SSSR count). The van der Waals surface area contributed by atoms with E-state index in [0.717, 1.165) is 36.8 Å². The van der Waals surface area contributed by atoms with Crippen molar-refractivity contribution in [2.24, 2.45) is 5.41 Å². The fraction of sp³-hybridized carbons (Fsp3) is 0.750. The van der Waals surface area contributed by atoms with Crippen molar-refractivity contribution in [3.8, 4) is 0 Å². The molecule has 0 amide bonds. The number of thiazole rings is 1. The van der Waals surface area contributed by atoms with Crippen molar-refractivity contribution in [1.82, 2.24) is 4.98 Å². The summed E-state index contributed by atoms with van der Waals surface area (Å²) >= 11 is 1.37. The van der Waals surface area contributed by atoms with E-state index in [4.69, 9.17) is 0 Å². The minimum atomic E-state index is -0.811. The van der Waals surface area contributed by atoms with E-state index in [-0.39, 0.29) is 0 Å². The van der Waals surface area contributed by atoms with E-state index >= 15 is 0 Å². The predicted molar refractivity (Wildman–Crippen MR) is 85.5 cm³/mol. The van der Waals surface area contributed by atoms with E-state index in [2.05, 4.69) is 23.7 Å². The molecule has 0 aromatic carbocycles. The molecule has 1 aromatic heterocycles. The zero-order valence-corrected chi connectivity index (χ0v) is 13.7. The van der Waals surface area contributed by atoms with Crippen LogP contribution in [0.5, 0.6) is 0 Å². The van der Waals surface area contributed by atoms with Crippen LogP contribution in [-0.4, -0.2) is 29.1 Å². The highest BCUT2D eigenvalue weighted by Gasteiger charge is 2.35. The monoisotopic (exact) mass is 308 g/mol. The zero-order chi connectivity index (χ0) is 15.0. The number of aromatic carboxylic acids is 1. The summed E-state index contributed by atoms with van der Waals surface area (Å²) in [5, 5.41) is 10.3. The van der Waals surface area contributed by atoms with Crippen LogP contribution in [0.3, 0.4) is 0 Å². The molecule has 5 heteroatoms. The topological polar surface area (TPSA) is 53.4 Å². The number of nitrogens with zero attached hydrogens (tertiary/aromatic N) is 2. The molecule has 0 spiro atoms. The molecule has 4 nitrogen and oxygen atoms in total. The maximum absolute atomic E-state index is 11.4. The van der Waals surface area contributed by atoms with Crippen LogP contribution in [0.1, 0.15) is 73.7 Å². The lowest BCUT2D eigenvalue weighted by atomic mass is 9.74. The molecule has 0 atom stereocenters. The Kier molecular flexibility index (Phi) is 3.95. The molecule has 1 aromatic rings. The summed E-state index contributed by atoms with van der Waals surface area (Å²) in [6, 6.07) is 0. The highest BCUT2D eigenvalue weighted by Crippen LogP contribution is 2.45. The van der Waals surface area contributed by atoms with Gasteiger partial charge in [-0.25, -0.2) is 9.78 Å². The van der Waals surface area contributed by atoms with Crippen LogP contribution >= 0.6 is 11.3 Å². The molecule has 21 heavy (non-hydrogen) atoms. The van der Waals surface area contributed by atoms with Gasteiger partial charge in [0.05, 0.1) is 5.69 Å². The lowest BCUT2D eigenvalue weighted by Gasteiger charge is -2.40. The number of anilines is 1. The standard InChI is InChI=1S/C16H24N2O2S/c1-3-16(4-2)7-9-18(10-8-16)15-17-12(11-5-6-11)13(21-15)14(19)20/h11H,3-10H2,1-2H3,(H,19,20). The first-order chi connectivity index (χ1) is 10.1. The molecule has 1 aliphatic carbocycles. The fourth-order valence-electron chi connectivity index (χ4n) is 3.37. The Morgan fingerprint density at radius 3 is 2.43 bits per heavy atom. The lowest BCUT2D eigenvalue weighted by molar-refractivity contribution is 0.0700. The number of piperidine rings is 1. The molecule has 1 aliphatic heterocycles. The molecule has 2 aliphatic rings. The zero-order valence-electron chi connectivity index (χ0n) is 12.9. The first-order valence-corrected chi connectivity index (χ1v) is 8.89. The van der Waals surface area contributed by atoms with Crippen LogP contribution in [0.15, 0.2) is 0 Å². The molecule has 0 bridgehead atoms. The van der Waals surface area contributed by atoms with Crippen LogP contribution in [-0.2, 0) is 0 Å². The molecule has 0 unspecified atom stereocenters. The molecule has 116 valence electrons. The van der Waals surface area contributed by atoms with Gasteiger partial charge in [-0.05, 0) is 31.1 Å². The number of rotatable bonds is 5. The second-order valence-corrected chi connectivity index (χ2v) is 7.46. The Bertz CT molecular complexity index is 522. The van der Waals surface area contributed by atoms with Gasteiger partial charge in [0.25, 0.3) is 0 Å². The Morgan fingerprint density at radius 2 is 1.95 bits per heavy atom. The molecule has 1 N–H and O–H groups in total. The second-order valence-electron chi connectivity index (χ2n) is 6.48. The average molecular weight is 308 g/mol. The van der Waals surface area contributed by atoms with Crippen LogP contribution in [0.25, 0.3) is 0 Å². The number of aromatic nitrogens is 1. The largest absolute Gasteiger partial charge is 0.477 e. The van der Waals surface area contributed by atoms with E-state index in [1.165, 1.54) is 37.0 Å². The summed E-state index contributed by atoms with van der Waals surface area (Å²) in [5.41, 5.74) is 1.33. The van der Waals surface area contributed by atoms with Gasteiger partial charge in [0.2, 0.25) is 0 Å². The van der Waals surface area contributed by atoms with E-state index in [0.29, 0.717) is 16.2 Å². The summed E-state index contributed by atoms with van der Waals surface area (Å²) in [6.07, 6.45) is 7.06. The van der Waals surface area contributed by atoms with Crippen LogP contribution in [0, 0.1) is 5.41 Å². The van der Waals surface area contributed by atoms with Crippen molar-refractivity contribution in [2.75, 3.05) is 18.0 Å². The Morgan fingerprint density at radius 1 is 1.33 bits per heavy atom. The Balaban J connectivity index is 1.76. The SMILES string of the molecule is CCC1(CC)CCN(c2nc(C3CC3)c(C(=O)O)s2)CC1. The molecule has 1 saturated carbocycles. The number of carboxylic acid groups (broad SMARTS) is 1.